The summed E-state index contributed by atoms with van der Waals surface area (Å²) in [5, 5.41) is 0. The van der Waals surface area contributed by atoms with Crippen molar-refractivity contribution in [3.63, 3.8) is 0 Å². The van der Waals surface area contributed by atoms with E-state index < -0.39 is 0 Å². The van der Waals surface area contributed by atoms with E-state index in [0.717, 1.165) is 50.3 Å². The van der Waals surface area contributed by atoms with E-state index >= 15 is 0 Å². The van der Waals surface area contributed by atoms with Crippen LogP contribution in [-0.4, -0.2) is 32.8 Å². The standard InChI is InChI=1S/C17H27FN2O/c1-3-16(19)10-14-9-15(18)6-7-17(14)20(2)11-13-5-4-8-21-12-13/h6-7,9,13,16H,3-5,8,10-12,19H2,1-2H3. The van der Waals surface area contributed by atoms with Gasteiger partial charge in [-0.05, 0) is 55.4 Å². The number of nitrogens with zero attached hydrogens (tertiary/aromatic N) is 1. The molecular formula is C17H27FN2O. The zero-order valence-electron chi connectivity index (χ0n) is 13.1. The molecule has 0 aromatic heterocycles. The Morgan fingerprint density at radius 3 is 2.95 bits per heavy atom. The van der Waals surface area contributed by atoms with Gasteiger partial charge >= 0.3 is 0 Å². The summed E-state index contributed by atoms with van der Waals surface area (Å²) in [6.07, 6.45) is 3.95. The first-order valence-electron chi connectivity index (χ1n) is 7.93. The van der Waals surface area contributed by atoms with Crippen LogP contribution < -0.4 is 10.6 Å². The molecule has 0 radical (unpaired) electrons. The van der Waals surface area contributed by atoms with E-state index in [9.17, 15) is 4.39 Å². The van der Waals surface area contributed by atoms with Crippen LogP contribution in [0.2, 0.25) is 0 Å². The van der Waals surface area contributed by atoms with Crippen LogP contribution in [0, 0.1) is 11.7 Å². The van der Waals surface area contributed by atoms with Crippen molar-refractivity contribution < 1.29 is 9.13 Å². The molecule has 2 rings (SSSR count). The second-order valence-electron chi connectivity index (χ2n) is 6.11. The van der Waals surface area contributed by atoms with Gasteiger partial charge in [0.2, 0.25) is 0 Å². The maximum absolute atomic E-state index is 13.5. The predicted octanol–water partition coefficient (Wildman–Crippen LogP) is 2.97. The topological polar surface area (TPSA) is 38.5 Å². The zero-order chi connectivity index (χ0) is 15.2. The van der Waals surface area contributed by atoms with Gasteiger partial charge in [-0.15, -0.1) is 0 Å². The molecule has 0 bridgehead atoms. The monoisotopic (exact) mass is 294 g/mol. The SMILES string of the molecule is CCC(N)Cc1cc(F)ccc1N(C)CC1CCCOC1. The van der Waals surface area contributed by atoms with Gasteiger partial charge in [-0.2, -0.15) is 0 Å². The number of benzene rings is 1. The Bertz CT molecular complexity index is 446. The highest BCUT2D eigenvalue weighted by Crippen LogP contribution is 2.25. The minimum absolute atomic E-state index is 0.0805. The van der Waals surface area contributed by atoms with Crippen LogP contribution in [0.1, 0.15) is 31.7 Å². The van der Waals surface area contributed by atoms with E-state index in [4.69, 9.17) is 10.5 Å². The molecule has 1 saturated heterocycles. The summed E-state index contributed by atoms with van der Waals surface area (Å²) < 4.78 is 19.1. The van der Waals surface area contributed by atoms with E-state index in [1.807, 2.05) is 6.07 Å². The summed E-state index contributed by atoms with van der Waals surface area (Å²) in [6.45, 7) is 4.72. The van der Waals surface area contributed by atoms with Gasteiger partial charge in [0.25, 0.3) is 0 Å². The Kier molecular flexibility index (Phi) is 6.00. The number of rotatable bonds is 6. The fourth-order valence-corrected chi connectivity index (χ4v) is 2.95. The molecule has 2 unspecified atom stereocenters. The number of hydrogen-bond acceptors (Lipinski definition) is 3. The van der Waals surface area contributed by atoms with Crippen molar-refractivity contribution >= 4 is 5.69 Å². The average Bonchev–Trinajstić information content (AvgIpc) is 2.48. The molecule has 0 spiro atoms. The molecule has 1 fully saturated rings. The van der Waals surface area contributed by atoms with Crippen molar-refractivity contribution in [3.8, 4) is 0 Å². The highest BCUT2D eigenvalue weighted by molar-refractivity contribution is 5.53. The van der Waals surface area contributed by atoms with Crippen LogP contribution in [0.3, 0.4) is 0 Å². The number of anilines is 1. The van der Waals surface area contributed by atoms with Crippen LogP contribution in [-0.2, 0) is 11.2 Å². The third-order valence-electron chi connectivity index (χ3n) is 4.25. The lowest BCUT2D eigenvalue weighted by Gasteiger charge is -2.30. The molecule has 1 aromatic carbocycles. The smallest absolute Gasteiger partial charge is 0.123 e. The third-order valence-corrected chi connectivity index (χ3v) is 4.25. The summed E-state index contributed by atoms with van der Waals surface area (Å²) in [4.78, 5) is 2.22. The molecule has 118 valence electrons. The molecule has 0 amide bonds. The fraction of sp³-hybridized carbons (Fsp3) is 0.647. The van der Waals surface area contributed by atoms with Crippen molar-refractivity contribution in [1.29, 1.82) is 0 Å². The van der Waals surface area contributed by atoms with Crippen molar-refractivity contribution in [2.75, 3.05) is 31.7 Å². The lowest BCUT2D eigenvalue weighted by Crippen LogP contribution is -2.32. The van der Waals surface area contributed by atoms with Gasteiger partial charge < -0.3 is 15.4 Å². The summed E-state index contributed by atoms with van der Waals surface area (Å²) in [6, 6.07) is 5.11. The van der Waals surface area contributed by atoms with Crippen LogP contribution in [0.5, 0.6) is 0 Å². The first-order chi connectivity index (χ1) is 10.1. The van der Waals surface area contributed by atoms with Gasteiger partial charge in [-0.25, -0.2) is 4.39 Å². The summed E-state index contributed by atoms with van der Waals surface area (Å²) in [7, 11) is 2.07. The lowest BCUT2D eigenvalue weighted by atomic mass is 9.99. The first kappa shape index (κ1) is 16.2. The maximum atomic E-state index is 13.5. The molecule has 1 aliphatic heterocycles. The van der Waals surface area contributed by atoms with E-state index in [2.05, 4.69) is 18.9 Å². The van der Waals surface area contributed by atoms with Crippen molar-refractivity contribution in [2.24, 2.45) is 11.7 Å². The Labute approximate surface area is 127 Å². The molecule has 1 heterocycles. The molecule has 21 heavy (non-hydrogen) atoms. The Morgan fingerprint density at radius 1 is 1.48 bits per heavy atom. The van der Waals surface area contributed by atoms with Gasteiger partial charge in [-0.1, -0.05) is 6.92 Å². The molecule has 4 heteroatoms. The minimum atomic E-state index is -0.188. The number of halogens is 1. The van der Waals surface area contributed by atoms with Crippen molar-refractivity contribution in [1.82, 2.24) is 0 Å². The highest BCUT2D eigenvalue weighted by Gasteiger charge is 2.18. The van der Waals surface area contributed by atoms with Crippen molar-refractivity contribution in [2.45, 2.75) is 38.6 Å². The third kappa shape index (κ3) is 4.68. The molecule has 3 nitrogen and oxygen atoms in total. The highest BCUT2D eigenvalue weighted by atomic mass is 19.1. The quantitative estimate of drug-likeness (QED) is 0.876. The molecule has 1 aliphatic rings. The van der Waals surface area contributed by atoms with Gasteiger partial charge in [0.05, 0.1) is 6.61 Å². The van der Waals surface area contributed by atoms with Crippen LogP contribution >= 0.6 is 0 Å². The van der Waals surface area contributed by atoms with Gasteiger partial charge in [0.15, 0.2) is 0 Å². The normalized spacial score (nSPS) is 20.3. The second kappa shape index (κ2) is 7.76. The summed E-state index contributed by atoms with van der Waals surface area (Å²) >= 11 is 0. The van der Waals surface area contributed by atoms with Crippen LogP contribution in [0.25, 0.3) is 0 Å². The predicted molar refractivity (Wildman–Crippen MR) is 85.2 cm³/mol. The average molecular weight is 294 g/mol. The van der Waals surface area contributed by atoms with Crippen LogP contribution in [0.15, 0.2) is 18.2 Å². The molecular weight excluding hydrogens is 267 g/mol. The van der Waals surface area contributed by atoms with E-state index in [1.165, 1.54) is 12.5 Å². The van der Waals surface area contributed by atoms with Gasteiger partial charge in [0, 0.05) is 31.9 Å². The van der Waals surface area contributed by atoms with E-state index in [0.29, 0.717) is 5.92 Å². The number of hydrogen-bond donors (Lipinski definition) is 1. The zero-order valence-corrected chi connectivity index (χ0v) is 13.1. The Morgan fingerprint density at radius 2 is 2.29 bits per heavy atom. The van der Waals surface area contributed by atoms with Gasteiger partial charge in [-0.3, -0.25) is 0 Å². The molecule has 1 aromatic rings. The molecule has 2 atom stereocenters. The molecule has 2 N–H and O–H groups in total. The lowest BCUT2D eigenvalue weighted by molar-refractivity contribution is 0.0576. The van der Waals surface area contributed by atoms with Gasteiger partial charge in [0.1, 0.15) is 5.82 Å². The number of nitrogens with two attached hydrogens (primary N) is 1. The largest absolute Gasteiger partial charge is 0.381 e. The summed E-state index contributed by atoms with van der Waals surface area (Å²) in [5.74, 6) is 0.368. The van der Waals surface area contributed by atoms with Crippen LogP contribution in [0.4, 0.5) is 10.1 Å². The minimum Gasteiger partial charge on any atom is -0.381 e. The first-order valence-corrected chi connectivity index (χ1v) is 7.93. The van der Waals surface area contributed by atoms with E-state index in [1.54, 1.807) is 6.07 Å². The second-order valence-corrected chi connectivity index (χ2v) is 6.11. The molecule has 0 saturated carbocycles. The fourth-order valence-electron chi connectivity index (χ4n) is 2.95. The number of ether oxygens (including phenoxy) is 1. The maximum Gasteiger partial charge on any atom is 0.123 e. The van der Waals surface area contributed by atoms with Crippen molar-refractivity contribution in [3.05, 3.63) is 29.6 Å². The Balaban J connectivity index is 2.09. The van der Waals surface area contributed by atoms with E-state index in [-0.39, 0.29) is 11.9 Å². The Hall–Kier alpha value is -1.13. The molecule has 0 aliphatic carbocycles. The summed E-state index contributed by atoms with van der Waals surface area (Å²) in [5.41, 5.74) is 8.14.